The Kier molecular flexibility index (Phi) is 4.34. The maximum atomic E-state index is 12.6. The molecule has 25 heavy (non-hydrogen) atoms. The maximum absolute atomic E-state index is 12.6. The van der Waals surface area contributed by atoms with Gasteiger partial charge in [-0.05, 0) is 6.07 Å². The van der Waals surface area contributed by atoms with Crippen molar-refractivity contribution in [2.24, 2.45) is 0 Å². The van der Waals surface area contributed by atoms with E-state index in [1.807, 2.05) is 42.5 Å². The fraction of sp³-hybridized carbons (Fsp3) is 0.211. The van der Waals surface area contributed by atoms with Crippen LogP contribution in [-0.2, 0) is 19.5 Å². The summed E-state index contributed by atoms with van der Waals surface area (Å²) >= 11 is 6.15. The van der Waals surface area contributed by atoms with E-state index in [2.05, 4.69) is 19.9 Å². The Bertz CT molecular complexity index is 955. The normalized spacial score (nSPS) is 14.3. The molecule has 126 valence electrons. The summed E-state index contributed by atoms with van der Waals surface area (Å²) in [5.74, 6) is 0.633. The van der Waals surface area contributed by atoms with Crippen LogP contribution in [0.2, 0.25) is 5.15 Å². The van der Waals surface area contributed by atoms with Gasteiger partial charge in [-0.2, -0.15) is 0 Å². The number of nitrogens with zero attached hydrogens (tertiary/aromatic N) is 3. The van der Waals surface area contributed by atoms with E-state index in [9.17, 15) is 4.79 Å². The summed E-state index contributed by atoms with van der Waals surface area (Å²) in [6, 6.07) is 13.6. The summed E-state index contributed by atoms with van der Waals surface area (Å²) in [4.78, 5) is 26.5. The molecule has 1 aromatic carbocycles. The molecule has 3 aromatic rings. The number of rotatable bonds is 3. The van der Waals surface area contributed by atoms with Gasteiger partial charge >= 0.3 is 0 Å². The van der Waals surface area contributed by atoms with Crippen LogP contribution in [-0.4, -0.2) is 26.4 Å². The van der Waals surface area contributed by atoms with Crippen molar-refractivity contribution in [3.8, 4) is 11.4 Å². The number of H-pyrrole nitrogens is 1. The zero-order valence-corrected chi connectivity index (χ0v) is 14.3. The highest BCUT2D eigenvalue weighted by Crippen LogP contribution is 2.21. The van der Waals surface area contributed by atoms with Crippen molar-refractivity contribution in [3.05, 3.63) is 81.0 Å². The fourth-order valence-electron chi connectivity index (χ4n) is 3.13. The lowest BCUT2D eigenvalue weighted by molar-refractivity contribution is 0.241. The number of aromatic amines is 1. The summed E-state index contributed by atoms with van der Waals surface area (Å²) in [5.41, 5.74) is 3.46. The van der Waals surface area contributed by atoms with E-state index in [0.717, 1.165) is 35.3 Å². The molecule has 6 heteroatoms. The molecule has 0 fully saturated rings. The van der Waals surface area contributed by atoms with E-state index in [1.54, 1.807) is 6.20 Å². The largest absolute Gasteiger partial charge is 0.306 e. The number of benzene rings is 1. The molecule has 1 aliphatic rings. The topological polar surface area (TPSA) is 61.9 Å². The average Bonchev–Trinajstić information content (AvgIpc) is 2.65. The number of halogens is 1. The van der Waals surface area contributed by atoms with Crippen molar-refractivity contribution in [2.75, 3.05) is 6.54 Å². The van der Waals surface area contributed by atoms with Gasteiger partial charge in [-0.25, -0.2) is 9.97 Å². The molecule has 4 rings (SSSR count). The van der Waals surface area contributed by atoms with Crippen molar-refractivity contribution in [1.29, 1.82) is 0 Å². The fourth-order valence-corrected chi connectivity index (χ4v) is 3.31. The minimum atomic E-state index is -0.0640. The van der Waals surface area contributed by atoms with Crippen LogP contribution < -0.4 is 5.56 Å². The van der Waals surface area contributed by atoms with Crippen molar-refractivity contribution < 1.29 is 0 Å². The van der Waals surface area contributed by atoms with Crippen LogP contribution in [0.1, 0.15) is 16.8 Å². The molecule has 0 radical (unpaired) electrons. The van der Waals surface area contributed by atoms with Gasteiger partial charge in [0.1, 0.15) is 11.0 Å². The van der Waals surface area contributed by atoms with Crippen LogP contribution in [0, 0.1) is 0 Å². The van der Waals surface area contributed by atoms with Crippen molar-refractivity contribution in [2.45, 2.75) is 19.5 Å². The molecular weight excluding hydrogens is 336 g/mol. The predicted octanol–water partition coefficient (Wildman–Crippen LogP) is 3.04. The summed E-state index contributed by atoms with van der Waals surface area (Å²) in [5, 5.41) is 0.514. The zero-order valence-electron chi connectivity index (χ0n) is 13.6. The van der Waals surface area contributed by atoms with Gasteiger partial charge in [0.05, 0.1) is 11.3 Å². The molecule has 3 heterocycles. The number of hydrogen-bond donors (Lipinski definition) is 1. The van der Waals surface area contributed by atoms with Crippen LogP contribution in [0.15, 0.2) is 53.5 Å². The Hall–Kier alpha value is -2.50. The van der Waals surface area contributed by atoms with Crippen LogP contribution in [0.3, 0.4) is 0 Å². The second-order valence-electron chi connectivity index (χ2n) is 6.12. The average molecular weight is 353 g/mol. The summed E-state index contributed by atoms with van der Waals surface area (Å²) in [6.45, 7) is 2.08. The highest BCUT2D eigenvalue weighted by molar-refractivity contribution is 6.30. The van der Waals surface area contributed by atoms with Crippen LogP contribution in [0.25, 0.3) is 11.4 Å². The van der Waals surface area contributed by atoms with Gasteiger partial charge in [0.25, 0.3) is 5.56 Å². The predicted molar refractivity (Wildman–Crippen MR) is 97.4 cm³/mol. The highest BCUT2D eigenvalue weighted by atomic mass is 35.5. The van der Waals surface area contributed by atoms with Crippen LogP contribution in [0.4, 0.5) is 0 Å². The number of nitrogens with one attached hydrogen (secondary N) is 1. The standard InChI is InChI=1S/C19H17ClN4O/c20-17-14(7-4-9-21-17)11-24-10-8-16-15(12-24)19(25)23-18(22-16)13-5-2-1-3-6-13/h1-7,9H,8,10-12H2,(H,22,23,25). The molecule has 0 unspecified atom stereocenters. The Labute approximate surface area is 150 Å². The van der Waals surface area contributed by atoms with Gasteiger partial charge in [-0.15, -0.1) is 0 Å². The lowest BCUT2D eigenvalue weighted by Crippen LogP contribution is -2.35. The van der Waals surface area contributed by atoms with Crippen molar-refractivity contribution in [1.82, 2.24) is 19.9 Å². The molecule has 0 amide bonds. The molecule has 0 bridgehead atoms. The number of fused-ring (bicyclic) bond motifs is 1. The molecule has 0 atom stereocenters. The van der Waals surface area contributed by atoms with Gasteiger partial charge in [0, 0.05) is 43.4 Å². The molecule has 0 saturated heterocycles. The van der Waals surface area contributed by atoms with E-state index < -0.39 is 0 Å². The third-order valence-corrected chi connectivity index (χ3v) is 4.77. The first-order valence-electron chi connectivity index (χ1n) is 8.20. The smallest absolute Gasteiger partial charge is 0.255 e. The van der Waals surface area contributed by atoms with Crippen molar-refractivity contribution >= 4 is 11.6 Å². The minimum Gasteiger partial charge on any atom is -0.306 e. The number of aromatic nitrogens is 3. The monoisotopic (exact) mass is 352 g/mol. The number of hydrogen-bond acceptors (Lipinski definition) is 4. The number of pyridine rings is 1. The minimum absolute atomic E-state index is 0.0640. The molecule has 2 aromatic heterocycles. The summed E-state index contributed by atoms with van der Waals surface area (Å²) < 4.78 is 0. The van der Waals surface area contributed by atoms with Gasteiger partial charge < -0.3 is 4.98 Å². The summed E-state index contributed by atoms with van der Waals surface area (Å²) in [6.07, 6.45) is 2.42. The third-order valence-electron chi connectivity index (χ3n) is 4.43. The molecule has 5 nitrogen and oxygen atoms in total. The first-order valence-corrected chi connectivity index (χ1v) is 8.58. The van der Waals surface area contributed by atoms with Crippen LogP contribution in [0.5, 0.6) is 0 Å². The SMILES string of the molecule is O=c1[nH]c(-c2ccccc2)nc2c1CN(Cc1cccnc1Cl)CC2. The van der Waals surface area contributed by atoms with Crippen molar-refractivity contribution in [3.63, 3.8) is 0 Å². The molecule has 0 aliphatic carbocycles. The quantitative estimate of drug-likeness (QED) is 0.736. The second-order valence-corrected chi connectivity index (χ2v) is 6.48. The van der Waals surface area contributed by atoms with Gasteiger partial charge in [-0.1, -0.05) is 48.0 Å². The van der Waals surface area contributed by atoms with Gasteiger partial charge in [-0.3, -0.25) is 9.69 Å². The van der Waals surface area contributed by atoms with E-state index in [-0.39, 0.29) is 5.56 Å². The molecule has 0 saturated carbocycles. The van der Waals surface area contributed by atoms with Gasteiger partial charge in [0.15, 0.2) is 0 Å². The van der Waals surface area contributed by atoms with E-state index in [1.165, 1.54) is 0 Å². The Balaban J connectivity index is 1.60. The zero-order chi connectivity index (χ0) is 17.2. The Morgan fingerprint density at radius 1 is 1.16 bits per heavy atom. The highest BCUT2D eigenvalue weighted by Gasteiger charge is 2.22. The second kappa shape index (κ2) is 6.78. The van der Waals surface area contributed by atoms with E-state index in [0.29, 0.717) is 24.1 Å². The molecule has 0 spiro atoms. The third kappa shape index (κ3) is 3.34. The lowest BCUT2D eigenvalue weighted by Gasteiger charge is -2.27. The van der Waals surface area contributed by atoms with Gasteiger partial charge in [0.2, 0.25) is 0 Å². The first kappa shape index (κ1) is 16.0. The first-order chi connectivity index (χ1) is 12.2. The molecule has 1 N–H and O–H groups in total. The Morgan fingerprint density at radius 2 is 2.00 bits per heavy atom. The molecular formula is C19H17ClN4O. The molecule has 1 aliphatic heterocycles. The Morgan fingerprint density at radius 3 is 2.80 bits per heavy atom. The van der Waals surface area contributed by atoms with E-state index in [4.69, 9.17) is 11.6 Å². The van der Waals surface area contributed by atoms with E-state index >= 15 is 0 Å². The maximum Gasteiger partial charge on any atom is 0.255 e. The summed E-state index contributed by atoms with van der Waals surface area (Å²) in [7, 11) is 0. The lowest BCUT2D eigenvalue weighted by atomic mass is 10.1. The van der Waals surface area contributed by atoms with Crippen LogP contribution >= 0.6 is 11.6 Å².